The average molecular weight is 333 g/mol. The molecule has 1 aliphatic heterocycles. The molecule has 0 bridgehead atoms. The van der Waals surface area contributed by atoms with E-state index in [-0.39, 0.29) is 17.8 Å². The molecule has 0 unspecified atom stereocenters. The van der Waals surface area contributed by atoms with Crippen molar-refractivity contribution < 1.29 is 9.18 Å². The first-order chi connectivity index (χ1) is 11.1. The number of hydrogen-bond donors (Lipinski definition) is 1. The molecule has 0 spiro atoms. The molecule has 6 heteroatoms. The zero-order valence-corrected chi connectivity index (χ0v) is 13.9. The maximum atomic E-state index is 13.3. The van der Waals surface area contributed by atoms with Gasteiger partial charge in [-0.2, -0.15) is 0 Å². The van der Waals surface area contributed by atoms with Crippen LogP contribution in [0.15, 0.2) is 29.6 Å². The molecular weight excluding hydrogens is 313 g/mol. The standard InChI is InChI=1S/C17H20FN3OS/c1-12-19-16(11-23-12)9-17(22)21-7-3-6-15(10-21)20-14-5-2-4-13(18)8-14/h2,4-5,8,11,15,20H,3,6-7,9-10H2,1H3/t15-/m0/s1. The van der Waals surface area contributed by atoms with Crippen LogP contribution in [0.3, 0.4) is 0 Å². The number of thiazole rings is 1. The third-order valence-corrected chi connectivity index (χ3v) is 4.79. The fraction of sp³-hybridized carbons (Fsp3) is 0.412. The molecule has 23 heavy (non-hydrogen) atoms. The van der Waals surface area contributed by atoms with E-state index in [0.29, 0.717) is 13.0 Å². The molecule has 1 N–H and O–H groups in total. The number of rotatable bonds is 4. The first-order valence-electron chi connectivity index (χ1n) is 7.81. The summed E-state index contributed by atoms with van der Waals surface area (Å²) in [6, 6.07) is 6.61. The van der Waals surface area contributed by atoms with Crippen molar-refractivity contribution in [1.29, 1.82) is 0 Å². The Hall–Kier alpha value is -1.95. The lowest BCUT2D eigenvalue weighted by Crippen LogP contribution is -2.45. The fourth-order valence-corrected chi connectivity index (χ4v) is 3.50. The second-order valence-electron chi connectivity index (χ2n) is 5.87. The molecule has 2 aromatic rings. The highest BCUT2D eigenvalue weighted by atomic mass is 32.1. The predicted octanol–water partition coefficient (Wildman–Crippen LogP) is 3.24. The Morgan fingerprint density at radius 3 is 3.13 bits per heavy atom. The van der Waals surface area contributed by atoms with Crippen molar-refractivity contribution in [2.75, 3.05) is 18.4 Å². The van der Waals surface area contributed by atoms with Crippen LogP contribution in [0, 0.1) is 12.7 Å². The van der Waals surface area contributed by atoms with E-state index in [0.717, 1.165) is 35.8 Å². The number of aryl methyl sites for hydroxylation is 1. The first kappa shape index (κ1) is 15.9. The number of amides is 1. The van der Waals surface area contributed by atoms with Gasteiger partial charge in [0.05, 0.1) is 17.1 Å². The smallest absolute Gasteiger partial charge is 0.228 e. The molecule has 0 aliphatic carbocycles. The summed E-state index contributed by atoms with van der Waals surface area (Å²) >= 11 is 1.57. The van der Waals surface area contributed by atoms with Crippen LogP contribution in [-0.2, 0) is 11.2 Å². The van der Waals surface area contributed by atoms with Crippen LogP contribution in [0.25, 0.3) is 0 Å². The predicted molar refractivity (Wildman–Crippen MR) is 90.2 cm³/mol. The molecular formula is C17H20FN3OS. The highest BCUT2D eigenvalue weighted by Gasteiger charge is 2.24. The van der Waals surface area contributed by atoms with Gasteiger partial charge in [0.15, 0.2) is 0 Å². The van der Waals surface area contributed by atoms with Crippen LogP contribution in [0.1, 0.15) is 23.5 Å². The monoisotopic (exact) mass is 333 g/mol. The van der Waals surface area contributed by atoms with Crippen LogP contribution in [0.2, 0.25) is 0 Å². The number of carbonyl (C=O) groups is 1. The lowest BCUT2D eigenvalue weighted by Gasteiger charge is -2.33. The summed E-state index contributed by atoms with van der Waals surface area (Å²) in [6.45, 7) is 3.38. The van der Waals surface area contributed by atoms with Crippen molar-refractivity contribution in [2.24, 2.45) is 0 Å². The number of anilines is 1. The summed E-state index contributed by atoms with van der Waals surface area (Å²) in [4.78, 5) is 18.7. The van der Waals surface area contributed by atoms with E-state index in [4.69, 9.17) is 0 Å². The highest BCUT2D eigenvalue weighted by molar-refractivity contribution is 7.09. The maximum absolute atomic E-state index is 13.3. The van der Waals surface area contributed by atoms with Crippen LogP contribution >= 0.6 is 11.3 Å². The molecule has 1 amide bonds. The number of hydrogen-bond acceptors (Lipinski definition) is 4. The van der Waals surface area contributed by atoms with Gasteiger partial charge in [-0.1, -0.05) is 6.07 Å². The molecule has 2 heterocycles. The summed E-state index contributed by atoms with van der Waals surface area (Å²) in [5, 5.41) is 6.25. The van der Waals surface area contributed by atoms with Crippen LogP contribution < -0.4 is 5.32 Å². The van der Waals surface area contributed by atoms with Gasteiger partial charge in [-0.05, 0) is 38.0 Å². The molecule has 122 valence electrons. The third-order valence-electron chi connectivity index (χ3n) is 3.97. The molecule has 1 aromatic heterocycles. The molecule has 3 rings (SSSR count). The Labute approximate surface area is 139 Å². The van der Waals surface area contributed by atoms with Crippen molar-refractivity contribution in [3.8, 4) is 0 Å². The van der Waals surface area contributed by atoms with E-state index < -0.39 is 0 Å². The van der Waals surface area contributed by atoms with E-state index in [9.17, 15) is 9.18 Å². The second kappa shape index (κ2) is 7.08. The van der Waals surface area contributed by atoms with Crippen LogP contribution in [-0.4, -0.2) is 34.9 Å². The minimum Gasteiger partial charge on any atom is -0.380 e. The number of carbonyl (C=O) groups excluding carboxylic acids is 1. The number of nitrogens with one attached hydrogen (secondary N) is 1. The van der Waals surface area contributed by atoms with Gasteiger partial charge in [-0.3, -0.25) is 4.79 Å². The molecule has 1 atom stereocenters. The Morgan fingerprint density at radius 2 is 2.39 bits per heavy atom. The molecule has 0 saturated carbocycles. The van der Waals surface area contributed by atoms with E-state index in [1.807, 2.05) is 23.3 Å². The molecule has 4 nitrogen and oxygen atoms in total. The summed E-state index contributed by atoms with van der Waals surface area (Å²) < 4.78 is 13.3. The Morgan fingerprint density at radius 1 is 1.52 bits per heavy atom. The summed E-state index contributed by atoms with van der Waals surface area (Å²) in [7, 11) is 0. The van der Waals surface area contributed by atoms with Gasteiger partial charge in [0.25, 0.3) is 0 Å². The topological polar surface area (TPSA) is 45.2 Å². The van der Waals surface area contributed by atoms with Crippen LogP contribution in [0.5, 0.6) is 0 Å². The van der Waals surface area contributed by atoms with Gasteiger partial charge in [-0.15, -0.1) is 11.3 Å². The SMILES string of the molecule is Cc1nc(CC(=O)N2CCC[C@H](Nc3cccc(F)c3)C2)cs1. The van der Waals surface area contributed by atoms with E-state index >= 15 is 0 Å². The quantitative estimate of drug-likeness (QED) is 0.934. The van der Waals surface area contributed by atoms with Gasteiger partial charge < -0.3 is 10.2 Å². The van der Waals surface area contributed by atoms with Crippen LogP contribution in [0.4, 0.5) is 10.1 Å². The normalized spacial score (nSPS) is 18.0. The summed E-state index contributed by atoms with van der Waals surface area (Å²) in [6.07, 6.45) is 2.29. The van der Waals surface area contributed by atoms with Crippen molar-refractivity contribution >= 4 is 22.9 Å². The summed E-state index contributed by atoms with van der Waals surface area (Å²) in [5.41, 5.74) is 1.61. The number of benzene rings is 1. The molecule has 1 fully saturated rings. The molecule has 1 saturated heterocycles. The summed E-state index contributed by atoms with van der Waals surface area (Å²) in [5.74, 6) is -0.140. The van der Waals surface area contributed by atoms with Crippen molar-refractivity contribution in [1.82, 2.24) is 9.88 Å². The first-order valence-corrected chi connectivity index (χ1v) is 8.69. The lowest BCUT2D eigenvalue weighted by molar-refractivity contribution is -0.131. The van der Waals surface area contributed by atoms with Gasteiger partial charge in [0, 0.05) is 30.2 Å². The second-order valence-corrected chi connectivity index (χ2v) is 6.93. The number of nitrogens with zero attached hydrogens (tertiary/aromatic N) is 2. The van der Waals surface area contributed by atoms with E-state index in [1.54, 1.807) is 17.4 Å². The van der Waals surface area contributed by atoms with E-state index in [1.165, 1.54) is 12.1 Å². The molecule has 1 aliphatic rings. The van der Waals surface area contributed by atoms with Gasteiger partial charge in [0.1, 0.15) is 5.82 Å². The van der Waals surface area contributed by atoms with Gasteiger partial charge >= 0.3 is 0 Å². The minimum atomic E-state index is -0.252. The number of piperidine rings is 1. The number of aromatic nitrogens is 1. The van der Waals surface area contributed by atoms with Gasteiger partial charge in [-0.25, -0.2) is 9.37 Å². The van der Waals surface area contributed by atoms with Crippen molar-refractivity contribution in [2.45, 2.75) is 32.2 Å². The Kier molecular flexibility index (Phi) is 4.91. The number of halogens is 1. The Bertz CT molecular complexity index is 688. The number of likely N-dealkylation sites (tertiary alicyclic amines) is 1. The van der Waals surface area contributed by atoms with E-state index in [2.05, 4.69) is 10.3 Å². The third kappa shape index (κ3) is 4.28. The van der Waals surface area contributed by atoms with Crippen molar-refractivity contribution in [3.63, 3.8) is 0 Å². The molecule has 1 aromatic carbocycles. The maximum Gasteiger partial charge on any atom is 0.228 e. The van der Waals surface area contributed by atoms with Gasteiger partial charge in [0.2, 0.25) is 5.91 Å². The zero-order chi connectivity index (χ0) is 16.2. The minimum absolute atomic E-state index is 0.112. The fourth-order valence-electron chi connectivity index (χ4n) is 2.89. The highest BCUT2D eigenvalue weighted by Crippen LogP contribution is 2.18. The Balaban J connectivity index is 1.58. The average Bonchev–Trinajstić information content (AvgIpc) is 2.92. The van der Waals surface area contributed by atoms with Crippen molar-refractivity contribution in [3.05, 3.63) is 46.2 Å². The lowest BCUT2D eigenvalue weighted by atomic mass is 10.0. The zero-order valence-electron chi connectivity index (χ0n) is 13.1. The molecule has 0 radical (unpaired) electrons. The largest absolute Gasteiger partial charge is 0.380 e.